The first kappa shape index (κ1) is 21.8. The lowest BCUT2D eigenvalue weighted by atomic mass is 9.88. The summed E-state index contributed by atoms with van der Waals surface area (Å²) in [5, 5.41) is 3.23. The molecule has 0 spiro atoms. The zero-order valence-electron chi connectivity index (χ0n) is 18.3. The summed E-state index contributed by atoms with van der Waals surface area (Å²) in [4.78, 5) is 13.4. The van der Waals surface area contributed by atoms with Crippen molar-refractivity contribution < 1.29 is 17.9 Å². The number of nitrogens with zero attached hydrogens (tertiary/aromatic N) is 1. The van der Waals surface area contributed by atoms with Crippen molar-refractivity contribution in [2.24, 2.45) is 5.92 Å². The number of benzene rings is 2. The molecule has 166 valence electrons. The van der Waals surface area contributed by atoms with Crippen LogP contribution in [0.1, 0.15) is 50.3 Å². The Morgan fingerprint density at radius 2 is 1.77 bits per heavy atom. The van der Waals surface area contributed by atoms with E-state index in [9.17, 15) is 13.2 Å². The van der Waals surface area contributed by atoms with Crippen molar-refractivity contribution in [3.05, 3.63) is 59.7 Å². The van der Waals surface area contributed by atoms with Crippen LogP contribution in [0.15, 0.2) is 53.4 Å². The molecule has 0 bridgehead atoms. The molecule has 2 heterocycles. The minimum Gasteiger partial charge on any atom is -0.487 e. The predicted molar refractivity (Wildman–Crippen MR) is 119 cm³/mol. The molecule has 2 aromatic rings. The standard InChI is InChI=1S/C24H30N2O4S/c1-17-9-10-22-20(15-17)21(16-24(2,3)30-22)25-23(27)18-11-13-26(14-12-18)31(28,29)19-7-5-4-6-8-19/h4-10,15,18,21H,11-14,16H2,1-3H3,(H,25,27)/t21-/m0/s1. The molecule has 2 aliphatic heterocycles. The summed E-state index contributed by atoms with van der Waals surface area (Å²) in [7, 11) is -3.51. The number of hydrogen-bond donors (Lipinski definition) is 1. The van der Waals surface area contributed by atoms with Crippen LogP contribution in [0, 0.1) is 12.8 Å². The molecular weight excluding hydrogens is 412 g/mol. The number of carbonyl (C=O) groups excluding carboxylic acids is 1. The van der Waals surface area contributed by atoms with Gasteiger partial charge < -0.3 is 10.1 Å². The zero-order valence-corrected chi connectivity index (χ0v) is 19.1. The number of sulfonamides is 1. The molecule has 1 saturated heterocycles. The average molecular weight is 443 g/mol. The smallest absolute Gasteiger partial charge is 0.243 e. The maximum atomic E-state index is 13.1. The van der Waals surface area contributed by atoms with Gasteiger partial charge in [0.1, 0.15) is 11.4 Å². The van der Waals surface area contributed by atoms with Crippen molar-refractivity contribution >= 4 is 15.9 Å². The van der Waals surface area contributed by atoms with Crippen LogP contribution >= 0.6 is 0 Å². The second-order valence-electron chi connectivity index (χ2n) is 9.16. The van der Waals surface area contributed by atoms with Gasteiger partial charge in [-0.15, -0.1) is 0 Å². The molecule has 7 heteroatoms. The van der Waals surface area contributed by atoms with Gasteiger partial charge in [-0.05, 0) is 51.8 Å². The number of hydrogen-bond acceptors (Lipinski definition) is 4. The first-order chi connectivity index (χ1) is 14.7. The molecule has 0 aliphatic carbocycles. The number of ether oxygens (including phenoxy) is 1. The lowest BCUT2D eigenvalue weighted by Gasteiger charge is -2.39. The van der Waals surface area contributed by atoms with E-state index in [-0.39, 0.29) is 23.5 Å². The highest BCUT2D eigenvalue weighted by Gasteiger charge is 2.37. The fraction of sp³-hybridized carbons (Fsp3) is 0.458. The molecule has 0 saturated carbocycles. The van der Waals surface area contributed by atoms with Crippen LogP contribution < -0.4 is 10.1 Å². The van der Waals surface area contributed by atoms with E-state index in [1.165, 1.54) is 4.31 Å². The Kier molecular flexibility index (Phi) is 5.83. The van der Waals surface area contributed by atoms with Crippen LogP contribution in [-0.2, 0) is 14.8 Å². The number of carbonyl (C=O) groups is 1. The molecule has 1 fully saturated rings. The number of aryl methyl sites for hydroxylation is 1. The molecule has 6 nitrogen and oxygen atoms in total. The molecule has 0 unspecified atom stereocenters. The van der Waals surface area contributed by atoms with Gasteiger partial charge in [-0.25, -0.2) is 8.42 Å². The fourth-order valence-corrected chi connectivity index (χ4v) is 5.98. The van der Waals surface area contributed by atoms with Crippen molar-refractivity contribution in [1.29, 1.82) is 0 Å². The molecule has 4 rings (SSSR count). The van der Waals surface area contributed by atoms with E-state index in [0.29, 0.717) is 37.2 Å². The van der Waals surface area contributed by atoms with Gasteiger partial charge in [-0.3, -0.25) is 4.79 Å². The second-order valence-corrected chi connectivity index (χ2v) is 11.1. The topological polar surface area (TPSA) is 75.7 Å². The van der Waals surface area contributed by atoms with Crippen LogP contribution in [-0.4, -0.2) is 37.3 Å². The minimum absolute atomic E-state index is 0.00749. The third kappa shape index (κ3) is 4.62. The van der Waals surface area contributed by atoms with Gasteiger partial charge in [0, 0.05) is 31.0 Å². The molecule has 1 amide bonds. The van der Waals surface area contributed by atoms with Crippen molar-refractivity contribution in [1.82, 2.24) is 9.62 Å². The lowest BCUT2D eigenvalue weighted by molar-refractivity contribution is -0.127. The summed E-state index contributed by atoms with van der Waals surface area (Å²) >= 11 is 0. The maximum Gasteiger partial charge on any atom is 0.243 e. The number of fused-ring (bicyclic) bond motifs is 1. The van der Waals surface area contributed by atoms with E-state index in [1.54, 1.807) is 30.3 Å². The summed E-state index contributed by atoms with van der Waals surface area (Å²) in [6, 6.07) is 14.4. The summed E-state index contributed by atoms with van der Waals surface area (Å²) < 4.78 is 33.3. The number of nitrogens with one attached hydrogen (secondary N) is 1. The molecule has 2 aliphatic rings. The fourth-order valence-electron chi connectivity index (χ4n) is 4.49. The zero-order chi connectivity index (χ0) is 22.2. The summed E-state index contributed by atoms with van der Waals surface area (Å²) in [5.41, 5.74) is 1.77. The molecule has 31 heavy (non-hydrogen) atoms. The highest BCUT2D eigenvalue weighted by Crippen LogP contribution is 2.40. The van der Waals surface area contributed by atoms with Gasteiger partial charge in [0.05, 0.1) is 10.9 Å². The third-order valence-corrected chi connectivity index (χ3v) is 8.06. The summed E-state index contributed by atoms with van der Waals surface area (Å²) in [5.74, 6) is 0.615. The minimum atomic E-state index is -3.51. The number of rotatable bonds is 4. The number of piperidine rings is 1. The van der Waals surface area contributed by atoms with E-state index in [2.05, 4.69) is 11.4 Å². The van der Waals surface area contributed by atoms with Crippen LogP contribution in [0.3, 0.4) is 0 Å². The molecule has 1 N–H and O–H groups in total. The molecule has 0 radical (unpaired) electrons. The van der Waals surface area contributed by atoms with E-state index in [1.807, 2.05) is 32.9 Å². The molecular formula is C24H30N2O4S. The van der Waals surface area contributed by atoms with E-state index in [4.69, 9.17) is 4.74 Å². The van der Waals surface area contributed by atoms with Gasteiger partial charge in [0.25, 0.3) is 0 Å². The Morgan fingerprint density at radius 3 is 2.45 bits per heavy atom. The van der Waals surface area contributed by atoms with Crippen LogP contribution in [0.25, 0.3) is 0 Å². The van der Waals surface area contributed by atoms with Crippen LogP contribution in [0.5, 0.6) is 5.75 Å². The first-order valence-electron chi connectivity index (χ1n) is 10.8. The van der Waals surface area contributed by atoms with Crippen molar-refractivity contribution in [2.45, 2.75) is 56.6 Å². The Labute approximate surface area is 184 Å². The van der Waals surface area contributed by atoms with Crippen molar-refractivity contribution in [2.75, 3.05) is 13.1 Å². The Morgan fingerprint density at radius 1 is 1.10 bits per heavy atom. The molecule has 1 atom stereocenters. The SMILES string of the molecule is Cc1ccc2c(c1)[C@@H](NC(=O)C1CCN(S(=O)(=O)c3ccccc3)CC1)CC(C)(C)O2. The van der Waals surface area contributed by atoms with Crippen LogP contribution in [0.2, 0.25) is 0 Å². The Balaban J connectivity index is 1.43. The van der Waals surface area contributed by atoms with Crippen molar-refractivity contribution in [3.63, 3.8) is 0 Å². The van der Waals surface area contributed by atoms with Gasteiger partial charge in [0.15, 0.2) is 0 Å². The Bertz CT molecular complexity index is 1060. The average Bonchev–Trinajstić information content (AvgIpc) is 2.74. The first-order valence-corrected chi connectivity index (χ1v) is 12.2. The van der Waals surface area contributed by atoms with Gasteiger partial charge in [0.2, 0.25) is 15.9 Å². The van der Waals surface area contributed by atoms with E-state index < -0.39 is 10.0 Å². The second kappa shape index (κ2) is 8.28. The van der Waals surface area contributed by atoms with Gasteiger partial charge in [-0.1, -0.05) is 35.9 Å². The quantitative estimate of drug-likeness (QED) is 0.781. The highest BCUT2D eigenvalue weighted by atomic mass is 32.2. The van der Waals surface area contributed by atoms with E-state index in [0.717, 1.165) is 16.9 Å². The Hall–Kier alpha value is -2.38. The summed E-state index contributed by atoms with van der Waals surface area (Å²) in [6.45, 7) is 6.79. The van der Waals surface area contributed by atoms with E-state index >= 15 is 0 Å². The lowest BCUT2D eigenvalue weighted by Crippen LogP contribution is -2.46. The van der Waals surface area contributed by atoms with Crippen LogP contribution in [0.4, 0.5) is 0 Å². The van der Waals surface area contributed by atoms with Gasteiger partial charge >= 0.3 is 0 Å². The maximum absolute atomic E-state index is 13.1. The van der Waals surface area contributed by atoms with Crippen molar-refractivity contribution in [3.8, 4) is 5.75 Å². The summed E-state index contributed by atoms with van der Waals surface area (Å²) in [6.07, 6.45) is 1.73. The number of amides is 1. The predicted octanol–water partition coefficient (Wildman–Crippen LogP) is 3.81. The monoisotopic (exact) mass is 442 g/mol. The van der Waals surface area contributed by atoms with Gasteiger partial charge in [-0.2, -0.15) is 4.31 Å². The molecule has 0 aromatic heterocycles. The molecule has 2 aromatic carbocycles. The normalized spacial score (nSPS) is 21.7. The largest absolute Gasteiger partial charge is 0.487 e. The third-order valence-electron chi connectivity index (χ3n) is 6.14. The highest BCUT2D eigenvalue weighted by molar-refractivity contribution is 7.89.